The van der Waals surface area contributed by atoms with Crippen LogP contribution in [0.4, 0.5) is 8.78 Å². The maximum atomic E-state index is 12.9. The fourth-order valence-corrected chi connectivity index (χ4v) is 3.96. The zero-order valence-electron chi connectivity index (χ0n) is 18.5. The van der Waals surface area contributed by atoms with E-state index in [2.05, 4.69) is 4.74 Å². The van der Waals surface area contributed by atoms with E-state index in [9.17, 15) is 18.4 Å². The lowest BCUT2D eigenvalue weighted by Crippen LogP contribution is -2.37. The van der Waals surface area contributed by atoms with Gasteiger partial charge in [0, 0.05) is 12.1 Å². The number of alkyl halides is 2. The van der Waals surface area contributed by atoms with Gasteiger partial charge in [0.15, 0.2) is 22.5 Å². The van der Waals surface area contributed by atoms with Crippen LogP contribution in [-0.2, 0) is 9.53 Å². The Morgan fingerprint density at radius 1 is 1.17 bits per heavy atom. The van der Waals surface area contributed by atoms with Crippen molar-refractivity contribution in [2.45, 2.75) is 25.6 Å². The molecule has 35 heavy (non-hydrogen) atoms. The lowest BCUT2D eigenvalue weighted by Gasteiger charge is -2.32. The van der Waals surface area contributed by atoms with E-state index in [1.165, 1.54) is 25.3 Å². The fourth-order valence-electron chi connectivity index (χ4n) is 3.75. The Balaban J connectivity index is 1.63. The summed E-state index contributed by atoms with van der Waals surface area (Å²) in [6, 6.07) is 8.57. The van der Waals surface area contributed by atoms with Crippen LogP contribution in [0.3, 0.4) is 0 Å². The Bertz CT molecular complexity index is 1290. The number of benzene rings is 2. The molecule has 1 fully saturated rings. The number of carboxylic acids is 1. The maximum Gasteiger partial charge on any atom is 0.387 e. The number of fused-ring (bicyclic) bond motifs is 1. The molecular weight excluding hydrogens is 490 g/mol. The van der Waals surface area contributed by atoms with Gasteiger partial charge in [-0.15, -0.1) is 0 Å². The van der Waals surface area contributed by atoms with Crippen molar-refractivity contribution in [1.82, 2.24) is 0 Å². The zero-order valence-corrected chi connectivity index (χ0v) is 19.2. The number of carboxylic acid groups (broad SMARTS) is 1. The van der Waals surface area contributed by atoms with Crippen LogP contribution in [0.15, 0.2) is 45.6 Å². The number of methoxy groups -OCH3 is 1. The molecule has 1 aliphatic carbocycles. The van der Waals surface area contributed by atoms with Gasteiger partial charge < -0.3 is 28.5 Å². The van der Waals surface area contributed by atoms with E-state index >= 15 is 0 Å². The van der Waals surface area contributed by atoms with Gasteiger partial charge in [-0.1, -0.05) is 17.7 Å². The number of carbonyl (C=O) groups is 1. The number of ether oxygens (including phenoxy) is 4. The van der Waals surface area contributed by atoms with Crippen LogP contribution in [0.1, 0.15) is 12.8 Å². The van der Waals surface area contributed by atoms with Crippen LogP contribution in [0.25, 0.3) is 22.3 Å². The molecule has 8 nitrogen and oxygen atoms in total. The predicted molar refractivity (Wildman–Crippen MR) is 122 cm³/mol. The molecule has 0 amide bonds. The van der Waals surface area contributed by atoms with Crippen LogP contribution < -0.4 is 19.6 Å². The summed E-state index contributed by atoms with van der Waals surface area (Å²) < 4.78 is 52.9. The topological polar surface area (TPSA) is 104 Å². The van der Waals surface area contributed by atoms with Crippen molar-refractivity contribution in [3.8, 4) is 28.6 Å². The summed E-state index contributed by atoms with van der Waals surface area (Å²) in [5.41, 5.74) is 0.0515. The van der Waals surface area contributed by atoms with Crippen molar-refractivity contribution >= 4 is 28.5 Å². The van der Waals surface area contributed by atoms with E-state index in [4.69, 9.17) is 35.3 Å². The SMILES string of the molecule is COc1cc(-c2cc(=O)c3cccc(Cl)c3o2)c(OCCOC2CC(C(=O)O)C2)cc1OC(F)F. The second-order valence-corrected chi connectivity index (χ2v) is 8.22. The average molecular weight is 511 g/mol. The minimum atomic E-state index is -3.11. The van der Waals surface area contributed by atoms with E-state index in [1.807, 2.05) is 0 Å². The van der Waals surface area contributed by atoms with Gasteiger partial charge >= 0.3 is 12.6 Å². The lowest BCUT2D eigenvalue weighted by molar-refractivity contribution is -0.151. The molecule has 0 spiro atoms. The minimum absolute atomic E-state index is 0.0141. The van der Waals surface area contributed by atoms with Crippen molar-refractivity contribution in [2.24, 2.45) is 5.92 Å². The smallest absolute Gasteiger partial charge is 0.387 e. The Kier molecular flexibility index (Phi) is 7.42. The number of hydrogen-bond acceptors (Lipinski definition) is 7. The quantitative estimate of drug-likeness (QED) is 0.381. The molecule has 11 heteroatoms. The summed E-state index contributed by atoms with van der Waals surface area (Å²) >= 11 is 6.21. The summed E-state index contributed by atoms with van der Waals surface area (Å²) in [5, 5.41) is 9.45. The molecule has 186 valence electrons. The normalized spacial score (nSPS) is 17.3. The summed E-state index contributed by atoms with van der Waals surface area (Å²) in [6.45, 7) is -2.97. The predicted octanol–water partition coefficient (Wildman–Crippen LogP) is 4.98. The first-order chi connectivity index (χ1) is 16.8. The molecule has 0 atom stereocenters. The highest BCUT2D eigenvalue weighted by atomic mass is 35.5. The highest BCUT2D eigenvalue weighted by Gasteiger charge is 2.35. The van der Waals surface area contributed by atoms with Gasteiger partial charge in [0.2, 0.25) is 0 Å². The average Bonchev–Trinajstić information content (AvgIpc) is 2.77. The highest BCUT2D eigenvalue weighted by Crippen LogP contribution is 2.41. The Hall–Kier alpha value is -3.37. The first-order valence-corrected chi connectivity index (χ1v) is 11.0. The van der Waals surface area contributed by atoms with E-state index in [1.54, 1.807) is 18.2 Å². The molecule has 2 aromatic carbocycles. The summed E-state index contributed by atoms with van der Waals surface area (Å²) in [5.74, 6) is -1.40. The molecule has 1 N–H and O–H groups in total. The van der Waals surface area contributed by atoms with Crippen LogP contribution in [0.5, 0.6) is 17.2 Å². The molecule has 4 rings (SSSR count). The zero-order chi connectivity index (χ0) is 25.1. The van der Waals surface area contributed by atoms with Crippen LogP contribution >= 0.6 is 11.6 Å². The Morgan fingerprint density at radius 2 is 1.94 bits per heavy atom. The first kappa shape index (κ1) is 24.7. The molecule has 0 radical (unpaired) electrons. The van der Waals surface area contributed by atoms with Crippen molar-refractivity contribution in [3.63, 3.8) is 0 Å². The number of para-hydroxylation sites is 1. The molecule has 1 aromatic heterocycles. The van der Waals surface area contributed by atoms with Crippen molar-refractivity contribution in [2.75, 3.05) is 20.3 Å². The second-order valence-electron chi connectivity index (χ2n) is 7.82. The molecular formula is C24H21ClF2O8. The van der Waals surface area contributed by atoms with Crippen molar-refractivity contribution in [3.05, 3.63) is 51.6 Å². The summed E-state index contributed by atoms with van der Waals surface area (Å²) in [6.07, 6.45) is 0.644. The van der Waals surface area contributed by atoms with Crippen LogP contribution in [0, 0.1) is 5.92 Å². The van der Waals surface area contributed by atoms with Crippen molar-refractivity contribution in [1.29, 1.82) is 0 Å². The van der Waals surface area contributed by atoms with Gasteiger partial charge in [-0.25, -0.2) is 0 Å². The minimum Gasteiger partial charge on any atom is -0.493 e. The summed E-state index contributed by atoms with van der Waals surface area (Å²) in [7, 11) is 1.28. The monoisotopic (exact) mass is 510 g/mol. The van der Waals surface area contributed by atoms with E-state index < -0.39 is 18.5 Å². The van der Waals surface area contributed by atoms with Gasteiger partial charge in [0.1, 0.15) is 18.1 Å². The van der Waals surface area contributed by atoms with E-state index in [0.717, 1.165) is 0 Å². The van der Waals surface area contributed by atoms with Crippen molar-refractivity contribution < 1.29 is 42.0 Å². The largest absolute Gasteiger partial charge is 0.493 e. The molecule has 1 saturated carbocycles. The van der Waals surface area contributed by atoms with Gasteiger partial charge in [-0.05, 0) is 31.0 Å². The van der Waals surface area contributed by atoms with E-state index in [-0.39, 0.29) is 69.3 Å². The van der Waals surface area contributed by atoms with Gasteiger partial charge in [-0.2, -0.15) is 8.78 Å². The first-order valence-electron chi connectivity index (χ1n) is 10.6. The van der Waals surface area contributed by atoms with Gasteiger partial charge in [0.05, 0.1) is 41.7 Å². The molecule has 0 unspecified atom stereocenters. The third-order valence-corrected chi connectivity index (χ3v) is 5.89. The number of aliphatic carboxylic acids is 1. The van der Waals surface area contributed by atoms with Crippen LogP contribution in [0.2, 0.25) is 5.02 Å². The fraction of sp³-hybridized carbons (Fsp3) is 0.333. The molecule has 1 aliphatic rings. The lowest BCUT2D eigenvalue weighted by atomic mass is 9.82. The Labute approximate surface area is 202 Å². The van der Waals surface area contributed by atoms with Gasteiger partial charge in [-0.3, -0.25) is 9.59 Å². The third kappa shape index (κ3) is 5.49. The number of rotatable bonds is 10. The maximum absolute atomic E-state index is 12.9. The number of halogens is 3. The second kappa shape index (κ2) is 10.5. The van der Waals surface area contributed by atoms with E-state index in [0.29, 0.717) is 12.8 Å². The highest BCUT2D eigenvalue weighted by molar-refractivity contribution is 6.34. The molecule has 3 aromatic rings. The summed E-state index contributed by atoms with van der Waals surface area (Å²) in [4.78, 5) is 23.6. The molecule has 0 saturated heterocycles. The number of hydrogen-bond donors (Lipinski definition) is 1. The van der Waals surface area contributed by atoms with Gasteiger partial charge in [0.25, 0.3) is 0 Å². The molecule has 0 bridgehead atoms. The standard InChI is InChI=1S/C24H21ClF2O8/c1-31-20-9-15(19-10-17(28)14-3-2-4-16(25)22(14)34-19)18(11-21(20)35-24(26)27)33-6-5-32-13-7-12(8-13)23(29)30/h2-4,9-13,24H,5-8H2,1H3,(H,29,30). The molecule has 0 aliphatic heterocycles. The third-order valence-electron chi connectivity index (χ3n) is 5.59. The Morgan fingerprint density at radius 3 is 2.63 bits per heavy atom. The van der Waals surface area contributed by atoms with Crippen LogP contribution in [-0.4, -0.2) is 44.1 Å². The molecule has 1 heterocycles.